The number of carbonyl (C=O) groups is 1. The minimum Gasteiger partial charge on any atom is -0.461 e. The molecule has 26 heavy (non-hydrogen) atoms. The molecule has 0 aliphatic carbocycles. The number of carbonyl (C=O) groups excluding carboxylic acids is 1. The SMILES string of the molecule is CCOC(=O)c1[nH]c(C)c(CN(Cc2ccc(Cl)cc2)S(C)(=O)=O)c1C. The van der Waals surface area contributed by atoms with Crippen molar-refractivity contribution in [2.24, 2.45) is 0 Å². The molecule has 1 aromatic heterocycles. The molecule has 0 aliphatic heterocycles. The molecule has 1 N–H and O–H groups in total. The molecule has 2 aromatic rings. The van der Waals surface area contributed by atoms with E-state index in [9.17, 15) is 13.2 Å². The summed E-state index contributed by atoms with van der Waals surface area (Å²) in [7, 11) is -3.46. The first-order chi connectivity index (χ1) is 12.1. The van der Waals surface area contributed by atoms with Gasteiger partial charge in [0.05, 0.1) is 12.9 Å². The standard InChI is InChI=1S/C18H23ClN2O4S/c1-5-25-18(22)17-12(2)16(13(3)20-17)11-21(26(4,23)24)10-14-6-8-15(19)9-7-14/h6-9,20H,5,10-11H2,1-4H3. The maximum atomic E-state index is 12.3. The van der Waals surface area contributed by atoms with Gasteiger partial charge in [0.15, 0.2) is 0 Å². The Hall–Kier alpha value is -1.83. The van der Waals surface area contributed by atoms with E-state index in [4.69, 9.17) is 16.3 Å². The first-order valence-corrected chi connectivity index (χ1v) is 10.4. The van der Waals surface area contributed by atoms with E-state index < -0.39 is 16.0 Å². The molecule has 0 atom stereocenters. The van der Waals surface area contributed by atoms with Gasteiger partial charge in [0.25, 0.3) is 0 Å². The maximum Gasteiger partial charge on any atom is 0.355 e. The lowest BCUT2D eigenvalue weighted by atomic mass is 10.1. The van der Waals surface area contributed by atoms with E-state index in [1.54, 1.807) is 38.1 Å². The molecule has 0 unspecified atom stereocenters. The second-order valence-electron chi connectivity index (χ2n) is 6.11. The number of sulfonamides is 1. The molecule has 0 bridgehead atoms. The van der Waals surface area contributed by atoms with Crippen molar-refractivity contribution in [3.63, 3.8) is 0 Å². The van der Waals surface area contributed by atoms with Crippen LogP contribution in [0.15, 0.2) is 24.3 Å². The van der Waals surface area contributed by atoms with Crippen molar-refractivity contribution in [3.05, 3.63) is 57.4 Å². The van der Waals surface area contributed by atoms with Crippen LogP contribution in [0.3, 0.4) is 0 Å². The van der Waals surface area contributed by atoms with Crippen molar-refractivity contribution < 1.29 is 17.9 Å². The highest BCUT2D eigenvalue weighted by atomic mass is 35.5. The Morgan fingerprint density at radius 1 is 1.19 bits per heavy atom. The van der Waals surface area contributed by atoms with Crippen LogP contribution >= 0.6 is 11.6 Å². The summed E-state index contributed by atoms with van der Waals surface area (Å²) in [4.78, 5) is 15.1. The zero-order valence-electron chi connectivity index (χ0n) is 15.3. The van der Waals surface area contributed by atoms with Crippen molar-refractivity contribution in [1.82, 2.24) is 9.29 Å². The number of aryl methyl sites for hydroxylation is 1. The number of ether oxygens (including phenoxy) is 1. The lowest BCUT2D eigenvalue weighted by Gasteiger charge is -2.20. The van der Waals surface area contributed by atoms with Crippen LogP contribution in [-0.4, -0.2) is 36.5 Å². The lowest BCUT2D eigenvalue weighted by molar-refractivity contribution is 0.0519. The largest absolute Gasteiger partial charge is 0.461 e. The molecule has 0 saturated carbocycles. The zero-order valence-corrected chi connectivity index (χ0v) is 16.9. The van der Waals surface area contributed by atoms with Gasteiger partial charge in [0.2, 0.25) is 10.0 Å². The molecule has 8 heteroatoms. The number of H-pyrrole nitrogens is 1. The summed E-state index contributed by atoms with van der Waals surface area (Å²) < 4.78 is 31.0. The summed E-state index contributed by atoms with van der Waals surface area (Å²) in [6, 6.07) is 7.04. The van der Waals surface area contributed by atoms with Gasteiger partial charge in [0.1, 0.15) is 5.69 Å². The van der Waals surface area contributed by atoms with Gasteiger partial charge in [-0.15, -0.1) is 0 Å². The Balaban J connectivity index is 2.32. The molecule has 0 radical (unpaired) electrons. The summed E-state index contributed by atoms with van der Waals surface area (Å²) in [6.45, 7) is 5.99. The van der Waals surface area contributed by atoms with Crippen molar-refractivity contribution in [2.45, 2.75) is 33.9 Å². The molecule has 0 amide bonds. The molecular formula is C18H23ClN2O4S. The fourth-order valence-electron chi connectivity index (χ4n) is 2.69. The number of benzene rings is 1. The van der Waals surface area contributed by atoms with Gasteiger partial charge in [-0.05, 0) is 49.6 Å². The van der Waals surface area contributed by atoms with Gasteiger partial charge in [0, 0.05) is 23.8 Å². The fraction of sp³-hybridized carbons (Fsp3) is 0.389. The number of esters is 1. The number of rotatable bonds is 7. The summed E-state index contributed by atoms with van der Waals surface area (Å²) in [5.74, 6) is -0.442. The van der Waals surface area contributed by atoms with Crippen LogP contribution < -0.4 is 0 Å². The number of hydrogen-bond donors (Lipinski definition) is 1. The molecule has 1 aromatic carbocycles. The summed E-state index contributed by atoms with van der Waals surface area (Å²) >= 11 is 5.89. The van der Waals surface area contributed by atoms with Gasteiger partial charge >= 0.3 is 5.97 Å². The predicted molar refractivity (Wildman–Crippen MR) is 102 cm³/mol. The van der Waals surface area contributed by atoms with Crippen LogP contribution in [0.5, 0.6) is 0 Å². The van der Waals surface area contributed by atoms with Crippen LogP contribution in [0.1, 0.15) is 39.8 Å². The average molecular weight is 399 g/mol. The Morgan fingerprint density at radius 3 is 2.35 bits per heavy atom. The van der Waals surface area contributed by atoms with Crippen LogP contribution in [0, 0.1) is 13.8 Å². The summed E-state index contributed by atoms with van der Waals surface area (Å²) in [6.07, 6.45) is 1.17. The number of aromatic amines is 1. The molecule has 0 aliphatic rings. The van der Waals surface area contributed by atoms with Crippen molar-refractivity contribution in [3.8, 4) is 0 Å². The van der Waals surface area contributed by atoms with Gasteiger partial charge < -0.3 is 9.72 Å². The van der Waals surface area contributed by atoms with E-state index in [0.29, 0.717) is 16.3 Å². The molecule has 142 valence electrons. The lowest BCUT2D eigenvalue weighted by Crippen LogP contribution is -2.29. The molecule has 0 fully saturated rings. The molecular weight excluding hydrogens is 376 g/mol. The van der Waals surface area contributed by atoms with E-state index in [2.05, 4.69) is 4.98 Å². The second kappa shape index (κ2) is 8.24. The smallest absolute Gasteiger partial charge is 0.355 e. The monoisotopic (exact) mass is 398 g/mol. The third-order valence-corrected chi connectivity index (χ3v) is 5.60. The topological polar surface area (TPSA) is 79.5 Å². The Morgan fingerprint density at radius 2 is 1.81 bits per heavy atom. The summed E-state index contributed by atoms with van der Waals surface area (Å²) in [5.41, 5.74) is 3.41. The van der Waals surface area contributed by atoms with Gasteiger partial charge in [-0.1, -0.05) is 23.7 Å². The molecule has 6 nitrogen and oxygen atoms in total. The molecule has 0 saturated heterocycles. The van der Waals surface area contributed by atoms with Crippen LogP contribution in [0.4, 0.5) is 0 Å². The third kappa shape index (κ3) is 4.87. The first-order valence-electron chi connectivity index (χ1n) is 8.18. The van der Waals surface area contributed by atoms with Crippen molar-refractivity contribution in [2.75, 3.05) is 12.9 Å². The number of aromatic nitrogens is 1. The van der Waals surface area contributed by atoms with Gasteiger partial charge in [-0.3, -0.25) is 0 Å². The second-order valence-corrected chi connectivity index (χ2v) is 8.53. The van der Waals surface area contributed by atoms with Gasteiger partial charge in [-0.25, -0.2) is 13.2 Å². The van der Waals surface area contributed by atoms with E-state index in [1.807, 2.05) is 6.92 Å². The van der Waals surface area contributed by atoms with Crippen LogP contribution in [0.2, 0.25) is 5.02 Å². The highest BCUT2D eigenvalue weighted by molar-refractivity contribution is 7.88. The number of nitrogens with zero attached hydrogens (tertiary/aromatic N) is 1. The molecule has 0 spiro atoms. The minimum absolute atomic E-state index is 0.162. The molecule has 2 rings (SSSR count). The van der Waals surface area contributed by atoms with E-state index in [-0.39, 0.29) is 19.7 Å². The summed E-state index contributed by atoms with van der Waals surface area (Å²) in [5, 5.41) is 0.594. The normalized spacial score (nSPS) is 11.8. The average Bonchev–Trinajstić information content (AvgIpc) is 2.83. The van der Waals surface area contributed by atoms with Crippen LogP contribution in [-0.2, 0) is 27.8 Å². The third-order valence-electron chi connectivity index (χ3n) is 4.15. The van der Waals surface area contributed by atoms with Gasteiger partial charge in [-0.2, -0.15) is 4.31 Å². The van der Waals surface area contributed by atoms with E-state index in [1.165, 1.54) is 10.6 Å². The predicted octanol–water partition coefficient (Wildman–Crippen LogP) is 3.42. The Bertz CT molecular complexity index is 889. The minimum atomic E-state index is -3.46. The Labute approximate surface area is 159 Å². The zero-order chi connectivity index (χ0) is 19.5. The first kappa shape index (κ1) is 20.5. The molecule has 1 heterocycles. The highest BCUT2D eigenvalue weighted by Gasteiger charge is 2.24. The van der Waals surface area contributed by atoms with Crippen LogP contribution in [0.25, 0.3) is 0 Å². The van der Waals surface area contributed by atoms with E-state index in [0.717, 1.165) is 16.8 Å². The highest BCUT2D eigenvalue weighted by Crippen LogP contribution is 2.23. The van der Waals surface area contributed by atoms with Crippen molar-refractivity contribution in [1.29, 1.82) is 0 Å². The van der Waals surface area contributed by atoms with Crippen molar-refractivity contribution >= 4 is 27.6 Å². The Kier molecular flexibility index (Phi) is 6.49. The van der Waals surface area contributed by atoms with E-state index >= 15 is 0 Å². The number of nitrogens with one attached hydrogen (secondary N) is 1. The fourth-order valence-corrected chi connectivity index (χ4v) is 3.57. The number of hydrogen-bond acceptors (Lipinski definition) is 4. The quantitative estimate of drug-likeness (QED) is 0.724. The number of halogens is 1. The maximum absolute atomic E-state index is 12.3.